The number of methoxy groups -OCH3 is 1. The van der Waals surface area contributed by atoms with E-state index in [9.17, 15) is 18.0 Å². The van der Waals surface area contributed by atoms with Crippen molar-refractivity contribution in [2.24, 2.45) is 0 Å². The maximum absolute atomic E-state index is 13.9. The zero-order chi connectivity index (χ0) is 23.2. The number of fused-ring (bicyclic) bond motifs is 2. The molecule has 5 rings (SSSR count). The molecule has 0 bridgehead atoms. The van der Waals surface area contributed by atoms with E-state index in [0.29, 0.717) is 41.8 Å². The molecule has 0 spiro atoms. The number of alkyl halides is 3. The highest BCUT2D eigenvalue weighted by Crippen LogP contribution is 2.33. The second-order valence-corrected chi connectivity index (χ2v) is 8.51. The largest absolute Gasteiger partial charge is 0.497 e. The number of carbonyl (C=O) groups excluding carboxylic acids is 1. The Labute approximate surface area is 190 Å². The molecule has 0 N–H and O–H groups in total. The summed E-state index contributed by atoms with van der Waals surface area (Å²) in [6, 6.07) is 8.79. The summed E-state index contributed by atoms with van der Waals surface area (Å²) in [4.78, 5) is 24.5. The number of carbonyl (C=O) groups is 1. The smallest absolute Gasteiger partial charge is 0.433 e. The zero-order valence-corrected chi connectivity index (χ0v) is 18.3. The van der Waals surface area contributed by atoms with Crippen molar-refractivity contribution in [2.75, 3.05) is 20.2 Å². The Balaban J connectivity index is 1.52. The molecular weight excluding hydrogens is 455 g/mol. The highest BCUT2D eigenvalue weighted by Gasteiger charge is 2.36. The van der Waals surface area contributed by atoms with Gasteiger partial charge in [0.25, 0.3) is 5.91 Å². The molecule has 0 atom stereocenters. The molecule has 0 unspecified atom stereocenters. The molecule has 11 heteroatoms. The summed E-state index contributed by atoms with van der Waals surface area (Å²) in [5.41, 5.74) is 2.25. The van der Waals surface area contributed by atoms with E-state index in [1.54, 1.807) is 46.0 Å². The molecule has 0 saturated carbocycles. The van der Waals surface area contributed by atoms with Gasteiger partial charge in [-0.3, -0.25) is 4.79 Å². The molecule has 4 aromatic rings. The van der Waals surface area contributed by atoms with Crippen LogP contribution in [0.5, 0.6) is 5.75 Å². The molecular formula is C22H18F3N5O2S. The molecule has 0 saturated heterocycles. The van der Waals surface area contributed by atoms with Crippen molar-refractivity contribution < 1.29 is 22.7 Å². The highest BCUT2D eigenvalue weighted by atomic mass is 32.1. The first-order valence-electron chi connectivity index (χ1n) is 10.2. The van der Waals surface area contributed by atoms with Crippen LogP contribution < -0.4 is 4.74 Å². The lowest BCUT2D eigenvalue weighted by atomic mass is 10.1. The number of aromatic nitrogens is 4. The van der Waals surface area contributed by atoms with E-state index in [2.05, 4.69) is 15.1 Å². The van der Waals surface area contributed by atoms with Gasteiger partial charge in [0, 0.05) is 42.4 Å². The highest BCUT2D eigenvalue weighted by molar-refractivity contribution is 7.09. The van der Waals surface area contributed by atoms with E-state index in [0.717, 1.165) is 16.6 Å². The Morgan fingerprint density at radius 3 is 2.61 bits per heavy atom. The van der Waals surface area contributed by atoms with Gasteiger partial charge in [-0.05, 0) is 30.3 Å². The molecule has 1 aromatic carbocycles. The second-order valence-electron chi connectivity index (χ2n) is 7.57. The molecule has 170 valence electrons. The second kappa shape index (κ2) is 8.14. The topological polar surface area (TPSA) is 72.6 Å². The minimum atomic E-state index is -4.68. The maximum Gasteiger partial charge on any atom is 0.433 e. The van der Waals surface area contributed by atoms with E-state index >= 15 is 0 Å². The van der Waals surface area contributed by atoms with Gasteiger partial charge in [0.1, 0.15) is 5.75 Å². The first kappa shape index (κ1) is 21.4. The molecule has 33 heavy (non-hydrogen) atoms. The fourth-order valence-electron chi connectivity index (χ4n) is 3.85. The summed E-state index contributed by atoms with van der Waals surface area (Å²) < 4.78 is 47.4. The number of hydrogen-bond donors (Lipinski definition) is 0. The van der Waals surface area contributed by atoms with Crippen molar-refractivity contribution in [3.63, 3.8) is 0 Å². The van der Waals surface area contributed by atoms with Gasteiger partial charge in [-0.25, -0.2) is 14.5 Å². The van der Waals surface area contributed by atoms with E-state index in [1.807, 2.05) is 0 Å². The van der Waals surface area contributed by atoms with Crippen LogP contribution in [0.3, 0.4) is 0 Å². The standard InChI is InChI=1S/C22H18F3N5O2S/c1-32-14-4-2-13(3-5-14)16-10-19(22(23,24)25)30-20(27-16)11-17(28-30)21(31)29-8-6-15-18(7-9-29)33-12-26-15/h2-5,10-12H,6-9H2,1H3. The predicted octanol–water partition coefficient (Wildman–Crippen LogP) is 4.12. The van der Waals surface area contributed by atoms with E-state index < -0.39 is 17.8 Å². The van der Waals surface area contributed by atoms with Gasteiger partial charge in [-0.1, -0.05) is 0 Å². The number of benzene rings is 1. The number of ether oxygens (including phenoxy) is 1. The average Bonchev–Trinajstić information content (AvgIpc) is 3.39. The third-order valence-corrected chi connectivity index (χ3v) is 6.50. The lowest BCUT2D eigenvalue weighted by Gasteiger charge is -2.18. The van der Waals surface area contributed by atoms with Gasteiger partial charge in [0.05, 0.1) is 24.0 Å². The quantitative estimate of drug-likeness (QED) is 0.448. The Bertz CT molecular complexity index is 1310. The van der Waals surface area contributed by atoms with Crippen LogP contribution in [-0.4, -0.2) is 50.6 Å². The van der Waals surface area contributed by atoms with Gasteiger partial charge >= 0.3 is 6.18 Å². The maximum atomic E-state index is 13.9. The Hall–Kier alpha value is -3.47. The lowest BCUT2D eigenvalue weighted by molar-refractivity contribution is -0.142. The summed E-state index contributed by atoms with van der Waals surface area (Å²) in [5.74, 6) is 0.157. The van der Waals surface area contributed by atoms with Gasteiger partial charge in [0.2, 0.25) is 0 Å². The van der Waals surface area contributed by atoms with Crippen molar-refractivity contribution in [2.45, 2.75) is 19.0 Å². The van der Waals surface area contributed by atoms with Crippen LogP contribution >= 0.6 is 11.3 Å². The normalized spacial score (nSPS) is 14.2. The lowest BCUT2D eigenvalue weighted by Crippen LogP contribution is -2.33. The molecule has 0 aliphatic carbocycles. The molecule has 1 amide bonds. The fraction of sp³-hybridized carbons (Fsp3) is 0.273. The molecule has 1 aliphatic heterocycles. The predicted molar refractivity (Wildman–Crippen MR) is 115 cm³/mol. The van der Waals surface area contributed by atoms with E-state index in [1.165, 1.54) is 13.2 Å². The molecule has 3 aromatic heterocycles. The first-order valence-corrected chi connectivity index (χ1v) is 11.0. The Kier molecular flexibility index (Phi) is 5.28. The summed E-state index contributed by atoms with van der Waals surface area (Å²) >= 11 is 1.55. The van der Waals surface area contributed by atoms with Crippen molar-refractivity contribution in [1.29, 1.82) is 0 Å². The van der Waals surface area contributed by atoms with Crippen LogP contribution in [-0.2, 0) is 19.0 Å². The molecule has 7 nitrogen and oxygen atoms in total. The van der Waals surface area contributed by atoms with Crippen molar-refractivity contribution >= 4 is 22.9 Å². The van der Waals surface area contributed by atoms with Gasteiger partial charge in [0.15, 0.2) is 17.0 Å². The number of halogens is 3. The van der Waals surface area contributed by atoms with Crippen molar-refractivity contribution in [1.82, 2.24) is 24.5 Å². The molecule has 4 heterocycles. The Morgan fingerprint density at radius 2 is 1.88 bits per heavy atom. The van der Waals surface area contributed by atoms with Crippen molar-refractivity contribution in [3.8, 4) is 17.0 Å². The van der Waals surface area contributed by atoms with Crippen molar-refractivity contribution in [3.05, 3.63) is 63.9 Å². The van der Waals surface area contributed by atoms with Gasteiger partial charge in [-0.15, -0.1) is 11.3 Å². The van der Waals surface area contributed by atoms with Gasteiger partial charge < -0.3 is 9.64 Å². The van der Waals surface area contributed by atoms with Crippen LogP contribution in [0.1, 0.15) is 26.8 Å². The number of hydrogen-bond acceptors (Lipinski definition) is 6. The number of rotatable bonds is 3. The minimum absolute atomic E-state index is 0.0467. The molecule has 0 fully saturated rings. The monoisotopic (exact) mass is 473 g/mol. The zero-order valence-electron chi connectivity index (χ0n) is 17.5. The van der Waals surface area contributed by atoms with Crippen LogP contribution in [0, 0.1) is 0 Å². The molecule has 0 radical (unpaired) electrons. The minimum Gasteiger partial charge on any atom is -0.497 e. The van der Waals surface area contributed by atoms with Crippen LogP contribution in [0.15, 0.2) is 41.9 Å². The van der Waals surface area contributed by atoms with Crippen LogP contribution in [0.25, 0.3) is 16.9 Å². The van der Waals surface area contributed by atoms with E-state index in [4.69, 9.17) is 4.74 Å². The Morgan fingerprint density at radius 1 is 1.12 bits per heavy atom. The summed E-state index contributed by atoms with van der Waals surface area (Å²) in [6.45, 7) is 0.888. The third-order valence-electron chi connectivity index (χ3n) is 5.56. The number of amides is 1. The third kappa shape index (κ3) is 4.04. The first-order chi connectivity index (χ1) is 15.8. The average molecular weight is 473 g/mol. The summed E-state index contributed by atoms with van der Waals surface area (Å²) in [7, 11) is 1.51. The van der Waals surface area contributed by atoms with Crippen LogP contribution in [0.4, 0.5) is 13.2 Å². The summed E-state index contributed by atoms with van der Waals surface area (Å²) in [6.07, 6.45) is -3.42. The SMILES string of the molecule is COc1ccc(-c2cc(C(F)(F)F)n3nc(C(=O)N4CCc5ncsc5CC4)cc3n2)cc1. The number of thiazole rings is 1. The van der Waals surface area contributed by atoms with Gasteiger partial charge in [-0.2, -0.15) is 18.3 Å². The van der Waals surface area contributed by atoms with Crippen LogP contribution in [0.2, 0.25) is 0 Å². The van der Waals surface area contributed by atoms with E-state index in [-0.39, 0.29) is 17.0 Å². The fourth-order valence-corrected chi connectivity index (χ4v) is 4.65. The number of nitrogens with zero attached hydrogens (tertiary/aromatic N) is 5. The summed E-state index contributed by atoms with van der Waals surface area (Å²) in [5, 5.41) is 3.99. The molecule has 1 aliphatic rings.